The molecular weight excluding hydrogens is 302 g/mol. The summed E-state index contributed by atoms with van der Waals surface area (Å²) in [4.78, 5) is 0. The van der Waals surface area contributed by atoms with Crippen LogP contribution in [-0.2, 0) is 11.3 Å². The minimum atomic E-state index is 0.553. The predicted octanol–water partition coefficient (Wildman–Crippen LogP) is 4.50. The molecule has 24 heavy (non-hydrogen) atoms. The molecule has 0 aliphatic rings. The highest BCUT2D eigenvalue weighted by molar-refractivity contribution is 5.47. The van der Waals surface area contributed by atoms with Gasteiger partial charge < -0.3 is 19.5 Å². The lowest BCUT2D eigenvalue weighted by atomic mass is 10.2. The molecule has 0 fully saturated rings. The zero-order chi connectivity index (χ0) is 17.0. The second-order valence-electron chi connectivity index (χ2n) is 5.53. The molecule has 2 rings (SSSR count). The summed E-state index contributed by atoms with van der Waals surface area (Å²) in [7, 11) is 1.67. The van der Waals surface area contributed by atoms with Gasteiger partial charge in [0.2, 0.25) is 0 Å². The Morgan fingerprint density at radius 3 is 2.42 bits per heavy atom. The maximum atomic E-state index is 5.75. The smallest absolute Gasteiger partial charge is 0.124 e. The van der Waals surface area contributed by atoms with Gasteiger partial charge in [-0.2, -0.15) is 0 Å². The Kier molecular flexibility index (Phi) is 7.98. The number of rotatable bonds is 11. The molecule has 0 unspecified atom stereocenters. The predicted molar refractivity (Wildman–Crippen MR) is 98.0 cm³/mol. The highest BCUT2D eigenvalue weighted by atomic mass is 16.5. The van der Waals surface area contributed by atoms with Crippen molar-refractivity contribution in [1.82, 2.24) is 0 Å². The summed E-state index contributed by atoms with van der Waals surface area (Å²) < 4.78 is 16.5. The van der Waals surface area contributed by atoms with Crippen LogP contribution in [0.2, 0.25) is 0 Å². The summed E-state index contributed by atoms with van der Waals surface area (Å²) in [5, 5.41) is 3.42. The van der Waals surface area contributed by atoms with Crippen molar-refractivity contribution < 1.29 is 14.2 Å². The van der Waals surface area contributed by atoms with Crippen LogP contribution in [-0.4, -0.2) is 26.9 Å². The van der Waals surface area contributed by atoms with Crippen LogP contribution >= 0.6 is 0 Å². The molecule has 1 N–H and O–H groups in total. The van der Waals surface area contributed by atoms with Crippen LogP contribution in [0, 0.1) is 0 Å². The number of ether oxygens (including phenoxy) is 3. The molecule has 4 heteroatoms. The second kappa shape index (κ2) is 10.6. The average Bonchev–Trinajstić information content (AvgIpc) is 2.62. The third-order valence-corrected chi connectivity index (χ3v) is 3.62. The Bertz CT molecular complexity index is 584. The number of para-hydroxylation sites is 1. The van der Waals surface area contributed by atoms with Gasteiger partial charge in [0.05, 0.1) is 13.2 Å². The maximum absolute atomic E-state index is 5.75. The number of anilines is 1. The van der Waals surface area contributed by atoms with Gasteiger partial charge in [-0.25, -0.2) is 0 Å². The monoisotopic (exact) mass is 329 g/mol. The lowest BCUT2D eigenvalue weighted by Crippen LogP contribution is -2.07. The number of unbranched alkanes of at least 4 members (excludes halogenated alkanes) is 1. The summed E-state index contributed by atoms with van der Waals surface area (Å²) in [6, 6.07) is 16.1. The van der Waals surface area contributed by atoms with E-state index in [2.05, 4.69) is 18.3 Å². The third-order valence-electron chi connectivity index (χ3n) is 3.62. The van der Waals surface area contributed by atoms with E-state index < -0.39 is 0 Å². The van der Waals surface area contributed by atoms with E-state index in [1.165, 1.54) is 0 Å². The molecule has 0 bridgehead atoms. The van der Waals surface area contributed by atoms with E-state index in [0.29, 0.717) is 19.8 Å². The molecule has 0 spiro atoms. The van der Waals surface area contributed by atoms with Gasteiger partial charge in [0.15, 0.2) is 0 Å². The minimum Gasteiger partial charge on any atom is -0.494 e. The molecular formula is C20H27NO3. The first-order chi connectivity index (χ1) is 11.8. The summed E-state index contributed by atoms with van der Waals surface area (Å²) in [6.45, 7) is 4.78. The fourth-order valence-electron chi connectivity index (χ4n) is 2.23. The Labute approximate surface area is 144 Å². The third kappa shape index (κ3) is 6.13. The summed E-state index contributed by atoms with van der Waals surface area (Å²) in [5.41, 5.74) is 2.18. The van der Waals surface area contributed by atoms with Crippen LogP contribution < -0.4 is 14.8 Å². The molecule has 0 saturated heterocycles. The van der Waals surface area contributed by atoms with E-state index in [1.807, 2.05) is 42.5 Å². The van der Waals surface area contributed by atoms with E-state index in [0.717, 1.165) is 42.2 Å². The van der Waals surface area contributed by atoms with Gasteiger partial charge in [0.1, 0.15) is 18.1 Å². The van der Waals surface area contributed by atoms with Crippen LogP contribution in [0.1, 0.15) is 25.3 Å². The first-order valence-corrected chi connectivity index (χ1v) is 8.50. The zero-order valence-corrected chi connectivity index (χ0v) is 14.6. The minimum absolute atomic E-state index is 0.553. The molecule has 0 heterocycles. The van der Waals surface area contributed by atoms with Crippen molar-refractivity contribution >= 4 is 5.69 Å². The summed E-state index contributed by atoms with van der Waals surface area (Å²) >= 11 is 0. The first kappa shape index (κ1) is 18.1. The van der Waals surface area contributed by atoms with Crippen molar-refractivity contribution in [2.24, 2.45) is 0 Å². The van der Waals surface area contributed by atoms with Crippen molar-refractivity contribution in [2.45, 2.75) is 26.3 Å². The van der Waals surface area contributed by atoms with Gasteiger partial charge in [-0.05, 0) is 36.8 Å². The fraction of sp³-hybridized carbons (Fsp3) is 0.400. The van der Waals surface area contributed by atoms with E-state index in [-0.39, 0.29) is 0 Å². The molecule has 2 aromatic carbocycles. The van der Waals surface area contributed by atoms with Crippen LogP contribution in [0.5, 0.6) is 11.5 Å². The number of nitrogens with one attached hydrogen (secondary N) is 1. The molecule has 0 radical (unpaired) electrons. The molecule has 0 aliphatic heterocycles. The molecule has 0 aromatic heterocycles. The van der Waals surface area contributed by atoms with E-state index in [1.54, 1.807) is 7.11 Å². The van der Waals surface area contributed by atoms with Gasteiger partial charge >= 0.3 is 0 Å². The number of hydrogen-bond acceptors (Lipinski definition) is 4. The Morgan fingerprint density at radius 1 is 0.875 bits per heavy atom. The van der Waals surface area contributed by atoms with Crippen molar-refractivity contribution in [2.75, 3.05) is 32.2 Å². The number of methoxy groups -OCH3 is 1. The van der Waals surface area contributed by atoms with Gasteiger partial charge in [-0.1, -0.05) is 31.5 Å². The van der Waals surface area contributed by atoms with E-state index >= 15 is 0 Å². The molecule has 0 saturated carbocycles. The highest BCUT2D eigenvalue weighted by Crippen LogP contribution is 2.21. The van der Waals surface area contributed by atoms with Crippen molar-refractivity contribution in [3.63, 3.8) is 0 Å². The number of benzene rings is 2. The SMILES string of the molecule is CCCCOc1ccc(NCc2ccccc2OCCOC)cc1. The quantitative estimate of drug-likeness (QED) is 0.616. The van der Waals surface area contributed by atoms with Gasteiger partial charge in [0, 0.05) is 24.9 Å². The Morgan fingerprint density at radius 2 is 1.67 bits per heavy atom. The van der Waals surface area contributed by atoms with E-state index in [4.69, 9.17) is 14.2 Å². The Hall–Kier alpha value is -2.20. The van der Waals surface area contributed by atoms with Crippen LogP contribution in [0.25, 0.3) is 0 Å². The average molecular weight is 329 g/mol. The fourth-order valence-corrected chi connectivity index (χ4v) is 2.23. The lowest BCUT2D eigenvalue weighted by Gasteiger charge is -2.13. The molecule has 0 amide bonds. The van der Waals surface area contributed by atoms with Crippen molar-refractivity contribution in [3.8, 4) is 11.5 Å². The Balaban J connectivity index is 1.86. The van der Waals surface area contributed by atoms with Crippen LogP contribution in [0.3, 0.4) is 0 Å². The second-order valence-corrected chi connectivity index (χ2v) is 5.53. The lowest BCUT2D eigenvalue weighted by molar-refractivity contribution is 0.146. The van der Waals surface area contributed by atoms with Crippen molar-refractivity contribution in [1.29, 1.82) is 0 Å². The van der Waals surface area contributed by atoms with E-state index in [9.17, 15) is 0 Å². The van der Waals surface area contributed by atoms with Gasteiger partial charge in [0.25, 0.3) is 0 Å². The number of hydrogen-bond donors (Lipinski definition) is 1. The maximum Gasteiger partial charge on any atom is 0.124 e. The standard InChI is InChI=1S/C20H27NO3/c1-3-4-13-23-19-11-9-18(10-12-19)21-16-17-7-5-6-8-20(17)24-15-14-22-2/h5-12,21H,3-4,13-16H2,1-2H3. The van der Waals surface area contributed by atoms with Crippen LogP contribution in [0.4, 0.5) is 5.69 Å². The molecule has 0 aliphatic carbocycles. The molecule has 0 atom stereocenters. The molecule has 2 aromatic rings. The summed E-state index contributed by atoms with van der Waals surface area (Å²) in [6.07, 6.45) is 2.23. The zero-order valence-electron chi connectivity index (χ0n) is 14.6. The summed E-state index contributed by atoms with van der Waals surface area (Å²) in [5.74, 6) is 1.80. The van der Waals surface area contributed by atoms with Gasteiger partial charge in [-0.3, -0.25) is 0 Å². The van der Waals surface area contributed by atoms with Crippen LogP contribution in [0.15, 0.2) is 48.5 Å². The first-order valence-electron chi connectivity index (χ1n) is 8.50. The largest absolute Gasteiger partial charge is 0.494 e. The van der Waals surface area contributed by atoms with Gasteiger partial charge in [-0.15, -0.1) is 0 Å². The molecule has 130 valence electrons. The molecule has 4 nitrogen and oxygen atoms in total. The highest BCUT2D eigenvalue weighted by Gasteiger charge is 2.03. The topological polar surface area (TPSA) is 39.7 Å². The normalized spacial score (nSPS) is 10.4. The van der Waals surface area contributed by atoms with Crippen molar-refractivity contribution in [3.05, 3.63) is 54.1 Å².